The van der Waals surface area contributed by atoms with Crippen LogP contribution in [0.5, 0.6) is 0 Å². The van der Waals surface area contributed by atoms with Gasteiger partial charge in [0.05, 0.1) is 0 Å². The molecule has 0 spiro atoms. The molecule has 1 aliphatic heterocycles. The Hall–Kier alpha value is -1.23. The van der Waals surface area contributed by atoms with Gasteiger partial charge in [-0.1, -0.05) is 0 Å². The predicted molar refractivity (Wildman–Crippen MR) is 75.8 cm³/mol. The van der Waals surface area contributed by atoms with E-state index in [2.05, 4.69) is 17.2 Å². The number of hydrogen-bond donors (Lipinski definition) is 2. The number of carbonyl (C=O) groups excluding carboxylic acids is 1. The van der Waals surface area contributed by atoms with Crippen molar-refractivity contribution in [1.82, 2.24) is 10.3 Å². The minimum atomic E-state index is -0.0686. The maximum absolute atomic E-state index is 12.0. The zero-order valence-electron chi connectivity index (χ0n) is 10.8. The number of anilines is 1. The van der Waals surface area contributed by atoms with Crippen molar-refractivity contribution < 1.29 is 4.79 Å². The first kappa shape index (κ1) is 13.2. The van der Waals surface area contributed by atoms with Crippen LogP contribution in [0.4, 0.5) is 5.82 Å². The molecule has 2 heterocycles. The van der Waals surface area contributed by atoms with E-state index in [-0.39, 0.29) is 10.7 Å². The number of nitrogens with two attached hydrogens (primary N) is 1. The van der Waals surface area contributed by atoms with Gasteiger partial charge in [0.25, 0.3) is 5.91 Å². The van der Waals surface area contributed by atoms with E-state index in [9.17, 15) is 4.79 Å². The van der Waals surface area contributed by atoms with Crippen LogP contribution in [0.1, 0.15) is 35.8 Å². The van der Waals surface area contributed by atoms with Crippen molar-refractivity contribution in [3.8, 4) is 0 Å². The number of rotatable bonds is 3. The number of pyridine rings is 1. The number of carbonyl (C=O) groups is 1. The van der Waals surface area contributed by atoms with E-state index in [0.717, 1.165) is 12.1 Å². The number of amides is 1. The third-order valence-electron chi connectivity index (χ3n) is 3.16. The van der Waals surface area contributed by atoms with Crippen molar-refractivity contribution in [3.05, 3.63) is 23.4 Å². The molecule has 1 aromatic rings. The molecule has 0 saturated carbocycles. The molecule has 0 aliphatic carbocycles. The number of aryl methyl sites for hydroxylation is 1. The fourth-order valence-corrected chi connectivity index (χ4v) is 3.42. The third-order valence-corrected chi connectivity index (χ3v) is 4.70. The molecule has 0 bridgehead atoms. The minimum Gasteiger partial charge on any atom is -0.384 e. The van der Waals surface area contributed by atoms with Crippen LogP contribution in [0.25, 0.3) is 0 Å². The minimum absolute atomic E-state index is 0.0686. The van der Waals surface area contributed by atoms with Crippen molar-refractivity contribution in [1.29, 1.82) is 0 Å². The topological polar surface area (TPSA) is 68.0 Å². The van der Waals surface area contributed by atoms with Gasteiger partial charge in [0.1, 0.15) is 5.82 Å². The van der Waals surface area contributed by atoms with Crippen molar-refractivity contribution in [2.24, 2.45) is 0 Å². The number of hydrogen-bond acceptors (Lipinski definition) is 4. The van der Waals surface area contributed by atoms with Gasteiger partial charge in [-0.25, -0.2) is 4.98 Å². The van der Waals surface area contributed by atoms with Crippen LogP contribution in [0.15, 0.2) is 12.1 Å². The highest BCUT2D eigenvalue weighted by Crippen LogP contribution is 2.36. The Balaban J connectivity index is 1.99. The summed E-state index contributed by atoms with van der Waals surface area (Å²) in [5, 5.41) is 2.99. The first-order valence-corrected chi connectivity index (χ1v) is 7.13. The summed E-state index contributed by atoms with van der Waals surface area (Å²) in [5.41, 5.74) is 7.00. The Morgan fingerprint density at radius 2 is 2.39 bits per heavy atom. The quantitative estimate of drug-likeness (QED) is 0.877. The lowest BCUT2D eigenvalue weighted by atomic mass is 10.1. The lowest BCUT2D eigenvalue weighted by Gasteiger charge is -2.22. The first-order valence-electron chi connectivity index (χ1n) is 6.15. The standard InChI is InChI=1S/C13H19N3OS/c1-9-6-10(7-11(14)16-9)12(17)15-8-13(2)4-3-5-18-13/h6-7H,3-5,8H2,1-2H3,(H2,14,16)(H,15,17). The molecule has 18 heavy (non-hydrogen) atoms. The Morgan fingerprint density at radius 1 is 1.61 bits per heavy atom. The van der Waals surface area contributed by atoms with E-state index in [1.165, 1.54) is 12.2 Å². The van der Waals surface area contributed by atoms with Crippen molar-refractivity contribution in [2.45, 2.75) is 31.4 Å². The molecule has 2 rings (SSSR count). The lowest BCUT2D eigenvalue weighted by molar-refractivity contribution is 0.0950. The van der Waals surface area contributed by atoms with Crippen LogP contribution in [-0.2, 0) is 0 Å². The van der Waals surface area contributed by atoms with Crippen LogP contribution in [0.3, 0.4) is 0 Å². The highest BCUT2D eigenvalue weighted by atomic mass is 32.2. The highest BCUT2D eigenvalue weighted by Gasteiger charge is 2.29. The first-order chi connectivity index (χ1) is 8.48. The van der Waals surface area contributed by atoms with Crippen molar-refractivity contribution in [2.75, 3.05) is 18.0 Å². The SMILES string of the molecule is Cc1cc(C(=O)NCC2(C)CCCS2)cc(N)n1. The lowest BCUT2D eigenvalue weighted by Crippen LogP contribution is -2.36. The summed E-state index contributed by atoms with van der Waals surface area (Å²) in [6, 6.07) is 3.38. The third kappa shape index (κ3) is 3.16. The molecule has 1 amide bonds. The van der Waals surface area contributed by atoms with E-state index < -0.39 is 0 Å². The number of thioether (sulfide) groups is 1. The second-order valence-electron chi connectivity index (χ2n) is 5.01. The molecular formula is C13H19N3OS. The number of nitrogen functional groups attached to an aromatic ring is 1. The second kappa shape index (κ2) is 5.18. The Labute approximate surface area is 112 Å². The predicted octanol–water partition coefficient (Wildman–Crippen LogP) is 1.99. The molecule has 1 aromatic heterocycles. The summed E-state index contributed by atoms with van der Waals surface area (Å²) in [6.07, 6.45) is 2.40. The average molecular weight is 265 g/mol. The number of aromatic nitrogens is 1. The summed E-state index contributed by atoms with van der Waals surface area (Å²) in [7, 11) is 0. The molecule has 1 fully saturated rings. The molecule has 1 atom stereocenters. The molecule has 0 radical (unpaired) electrons. The monoisotopic (exact) mass is 265 g/mol. The fraction of sp³-hybridized carbons (Fsp3) is 0.538. The molecule has 1 saturated heterocycles. The van der Waals surface area contributed by atoms with Crippen molar-refractivity contribution >= 4 is 23.5 Å². The van der Waals surface area contributed by atoms with Gasteiger partial charge >= 0.3 is 0 Å². The Kier molecular flexibility index (Phi) is 3.80. The zero-order valence-corrected chi connectivity index (χ0v) is 11.6. The number of nitrogens with one attached hydrogen (secondary N) is 1. The summed E-state index contributed by atoms with van der Waals surface area (Å²) >= 11 is 1.94. The van der Waals surface area contributed by atoms with Crippen LogP contribution >= 0.6 is 11.8 Å². The molecule has 3 N–H and O–H groups in total. The van der Waals surface area contributed by atoms with Gasteiger partial charge < -0.3 is 11.1 Å². The largest absolute Gasteiger partial charge is 0.384 e. The molecule has 98 valence electrons. The summed E-state index contributed by atoms with van der Waals surface area (Å²) in [4.78, 5) is 16.1. The fourth-order valence-electron chi connectivity index (χ4n) is 2.17. The maximum atomic E-state index is 12.0. The van der Waals surface area contributed by atoms with Gasteiger partial charge in [-0.2, -0.15) is 11.8 Å². The van der Waals surface area contributed by atoms with Crippen LogP contribution < -0.4 is 11.1 Å². The molecule has 1 aliphatic rings. The van der Waals surface area contributed by atoms with E-state index in [4.69, 9.17) is 5.73 Å². The van der Waals surface area contributed by atoms with E-state index in [1.54, 1.807) is 12.1 Å². The molecule has 1 unspecified atom stereocenters. The molecule has 5 heteroatoms. The van der Waals surface area contributed by atoms with Gasteiger partial charge in [-0.3, -0.25) is 4.79 Å². The Morgan fingerprint density at radius 3 is 3.00 bits per heavy atom. The zero-order chi connectivity index (χ0) is 13.2. The van der Waals surface area contributed by atoms with Crippen LogP contribution in [-0.4, -0.2) is 27.9 Å². The Bertz CT molecular complexity index is 435. The van der Waals surface area contributed by atoms with E-state index in [1.807, 2.05) is 18.7 Å². The van der Waals surface area contributed by atoms with Gasteiger partial charge in [0, 0.05) is 22.5 Å². The van der Waals surface area contributed by atoms with Crippen LogP contribution in [0, 0.1) is 6.92 Å². The smallest absolute Gasteiger partial charge is 0.251 e. The maximum Gasteiger partial charge on any atom is 0.251 e. The van der Waals surface area contributed by atoms with E-state index >= 15 is 0 Å². The van der Waals surface area contributed by atoms with Crippen molar-refractivity contribution in [3.63, 3.8) is 0 Å². The molecule has 4 nitrogen and oxygen atoms in total. The van der Waals surface area contributed by atoms with Gasteiger partial charge in [-0.15, -0.1) is 0 Å². The number of nitrogens with zero attached hydrogens (tertiary/aromatic N) is 1. The van der Waals surface area contributed by atoms with Gasteiger partial charge in [0.15, 0.2) is 0 Å². The summed E-state index contributed by atoms with van der Waals surface area (Å²) < 4.78 is 0.184. The molecular weight excluding hydrogens is 246 g/mol. The molecule has 0 aromatic carbocycles. The normalized spacial score (nSPS) is 23.0. The van der Waals surface area contributed by atoms with E-state index in [0.29, 0.717) is 17.9 Å². The second-order valence-corrected chi connectivity index (χ2v) is 6.69. The van der Waals surface area contributed by atoms with Gasteiger partial charge in [-0.05, 0) is 44.6 Å². The average Bonchev–Trinajstić information content (AvgIpc) is 2.72. The summed E-state index contributed by atoms with van der Waals surface area (Å²) in [5.74, 6) is 1.51. The highest BCUT2D eigenvalue weighted by molar-refractivity contribution is 8.00. The van der Waals surface area contributed by atoms with Crippen LogP contribution in [0.2, 0.25) is 0 Å². The van der Waals surface area contributed by atoms with Gasteiger partial charge in [0.2, 0.25) is 0 Å². The summed E-state index contributed by atoms with van der Waals surface area (Å²) in [6.45, 7) is 4.75.